The molecule has 9 heteroatoms. The molecule has 0 radical (unpaired) electrons. The Morgan fingerprint density at radius 1 is 0.732 bits per heavy atom. The van der Waals surface area contributed by atoms with Crippen LogP contribution in [0.3, 0.4) is 0 Å². The van der Waals surface area contributed by atoms with Gasteiger partial charge in [-0.2, -0.15) is 0 Å². The molecule has 4 aromatic rings. The van der Waals surface area contributed by atoms with Gasteiger partial charge in [0.05, 0.1) is 43.8 Å². The second kappa shape index (κ2) is 12.3. The summed E-state index contributed by atoms with van der Waals surface area (Å²) in [7, 11) is -2.31. The van der Waals surface area contributed by atoms with Crippen LogP contribution in [0.5, 0.6) is 0 Å². The lowest BCUT2D eigenvalue weighted by Gasteiger charge is -2.31. The number of thioether (sulfide) groups is 1. The fraction of sp³-hybridized carbons (Fsp3) is 0.250. The highest BCUT2D eigenvalue weighted by Gasteiger charge is 2.52. The maximum atomic E-state index is 13.0. The van der Waals surface area contributed by atoms with Crippen LogP contribution in [0.15, 0.2) is 89.8 Å². The third-order valence-electron chi connectivity index (χ3n) is 7.76. The number of hydrogen-bond acceptors (Lipinski definition) is 6. The monoisotopic (exact) mass is 700 g/mol. The van der Waals surface area contributed by atoms with Gasteiger partial charge < -0.3 is 19.1 Å². The molecule has 6 rings (SSSR count). The van der Waals surface area contributed by atoms with Gasteiger partial charge in [0.15, 0.2) is 0 Å². The minimum absolute atomic E-state index is 0.289. The highest BCUT2D eigenvalue weighted by molar-refractivity contribution is 14.1. The van der Waals surface area contributed by atoms with Gasteiger partial charge in [0.1, 0.15) is 23.0 Å². The molecule has 0 saturated carbocycles. The van der Waals surface area contributed by atoms with Crippen LogP contribution >= 0.6 is 42.4 Å². The Balaban J connectivity index is 1.38. The molecule has 0 heterocycles. The van der Waals surface area contributed by atoms with E-state index in [1.54, 1.807) is 24.9 Å². The molecule has 4 aromatic carbocycles. The lowest BCUT2D eigenvalue weighted by atomic mass is 9.70. The lowest BCUT2D eigenvalue weighted by Crippen LogP contribution is -2.27. The van der Waals surface area contributed by atoms with Crippen molar-refractivity contribution in [2.45, 2.75) is 10.3 Å². The second-order valence-electron chi connectivity index (χ2n) is 9.93. The van der Waals surface area contributed by atoms with Crippen molar-refractivity contribution in [3.05, 3.63) is 107 Å². The van der Waals surface area contributed by atoms with E-state index in [4.69, 9.17) is 17.1 Å². The zero-order valence-corrected chi connectivity index (χ0v) is 26.4. The fourth-order valence-electron chi connectivity index (χ4n) is 6.09. The Morgan fingerprint density at radius 3 is 1.95 bits per heavy atom. The summed E-state index contributed by atoms with van der Waals surface area (Å²) < 4.78 is 34.2. The van der Waals surface area contributed by atoms with Crippen LogP contribution in [0, 0.1) is 0 Å². The van der Waals surface area contributed by atoms with Gasteiger partial charge in [-0.25, -0.2) is 2.85 Å². The van der Waals surface area contributed by atoms with Gasteiger partial charge in [-0.1, -0.05) is 60.7 Å². The maximum absolute atomic E-state index is 13.0. The Labute approximate surface area is 258 Å². The third kappa shape index (κ3) is 5.12. The average Bonchev–Trinajstić information content (AvgIpc) is 3.47. The minimum Gasteiger partial charge on any atom is -0.382 e. The van der Waals surface area contributed by atoms with Gasteiger partial charge in [0.25, 0.3) is 0 Å². The molecule has 2 aliphatic rings. The predicted octanol–water partition coefficient (Wildman–Crippen LogP) is 6.98. The van der Waals surface area contributed by atoms with E-state index >= 15 is 0 Å². The number of fused-ring (bicyclic) bond motifs is 10. The molecule has 2 atom stereocenters. The number of benzene rings is 4. The first-order chi connectivity index (χ1) is 20.0. The third-order valence-corrected chi connectivity index (χ3v) is 11.4. The molecule has 0 saturated heterocycles. The topological polar surface area (TPSA) is 74.2 Å². The summed E-state index contributed by atoms with van der Waals surface area (Å²) >= 11 is 3.28. The maximum Gasteiger partial charge on any atom is 0.368 e. The number of rotatable bonds is 12. The number of ether oxygens (including phenoxy) is 3. The van der Waals surface area contributed by atoms with E-state index in [0.717, 1.165) is 27.3 Å². The van der Waals surface area contributed by atoms with Crippen LogP contribution in [-0.4, -0.2) is 50.8 Å². The van der Waals surface area contributed by atoms with Crippen LogP contribution in [0.4, 0.5) is 0 Å². The molecule has 0 amide bonds. The zero-order chi connectivity index (χ0) is 28.5. The highest BCUT2D eigenvalue weighted by atomic mass is 127. The molecule has 2 unspecified atom stereocenters. The summed E-state index contributed by atoms with van der Waals surface area (Å²) in [5.41, 5.74) is 8.51. The van der Waals surface area contributed by atoms with Gasteiger partial charge in [0.2, 0.25) is 0 Å². The first-order valence-corrected chi connectivity index (χ1v) is 16.9. The van der Waals surface area contributed by atoms with Crippen LogP contribution in [0.2, 0.25) is 0 Å². The molecule has 0 aliphatic heterocycles. The van der Waals surface area contributed by atoms with E-state index in [9.17, 15) is 9.46 Å². The first-order valence-electron chi connectivity index (χ1n) is 13.4. The normalized spacial score (nSPS) is 17.6. The van der Waals surface area contributed by atoms with Crippen molar-refractivity contribution in [1.82, 2.24) is 0 Å². The SMILES string of the molecule is COCCOCCOCCSc1ccc2c(c1)C1(c3ccccc3-2)c2ccccc2-c2ccc(P(=O)(O)OI)cc21. The predicted molar refractivity (Wildman–Crippen MR) is 172 cm³/mol. The molecule has 0 aromatic heterocycles. The largest absolute Gasteiger partial charge is 0.382 e. The van der Waals surface area contributed by atoms with Gasteiger partial charge in [-0.3, -0.25) is 4.57 Å². The van der Waals surface area contributed by atoms with Crippen LogP contribution < -0.4 is 5.30 Å². The minimum atomic E-state index is -3.97. The average molecular weight is 701 g/mol. The Bertz CT molecular complexity index is 1610. The van der Waals surface area contributed by atoms with Gasteiger partial charge in [-0.05, 0) is 68.8 Å². The Morgan fingerprint density at radius 2 is 1.29 bits per heavy atom. The quantitative estimate of drug-likeness (QED) is 0.0640. The number of halogens is 1. The molecule has 2 aliphatic carbocycles. The van der Waals surface area contributed by atoms with E-state index in [2.05, 4.69) is 66.7 Å². The van der Waals surface area contributed by atoms with Crippen molar-refractivity contribution < 1.29 is 26.5 Å². The number of methoxy groups -OCH3 is 1. The van der Waals surface area contributed by atoms with Crippen LogP contribution in [-0.2, 0) is 27.0 Å². The van der Waals surface area contributed by atoms with Crippen molar-refractivity contribution in [3.8, 4) is 22.3 Å². The fourth-order valence-corrected chi connectivity index (χ4v) is 8.21. The van der Waals surface area contributed by atoms with E-state index in [1.165, 1.54) is 50.8 Å². The molecule has 212 valence electrons. The zero-order valence-electron chi connectivity index (χ0n) is 22.5. The van der Waals surface area contributed by atoms with Crippen LogP contribution in [0.1, 0.15) is 22.3 Å². The summed E-state index contributed by atoms with van der Waals surface area (Å²) in [4.78, 5) is 11.8. The summed E-state index contributed by atoms with van der Waals surface area (Å²) in [5, 5.41) is 0.289. The molecule has 6 nitrogen and oxygen atoms in total. The Kier molecular flexibility index (Phi) is 8.73. The lowest BCUT2D eigenvalue weighted by molar-refractivity contribution is 0.0286. The van der Waals surface area contributed by atoms with Crippen molar-refractivity contribution in [3.63, 3.8) is 0 Å². The smallest absolute Gasteiger partial charge is 0.368 e. The van der Waals surface area contributed by atoms with E-state index in [0.29, 0.717) is 33.0 Å². The standard InChI is InChI=1S/C32H30IO6PS/c1-36-14-15-37-16-17-38-18-19-41-23-11-13-27-25-7-3-5-9-29(25)32(31(27)21-23)28-8-4-2-6-24(28)26-12-10-22(20-30(26)32)40(34,35)39-33/h2-13,20-21H,14-19H2,1H3,(H,34,35). The van der Waals surface area contributed by atoms with Gasteiger partial charge >= 0.3 is 7.60 Å². The van der Waals surface area contributed by atoms with Crippen LogP contribution in [0.25, 0.3) is 22.3 Å². The van der Waals surface area contributed by atoms with E-state index in [-0.39, 0.29) is 5.30 Å². The van der Waals surface area contributed by atoms with Gasteiger partial charge in [0, 0.05) is 17.8 Å². The second-order valence-corrected chi connectivity index (χ2v) is 14.0. The molecule has 1 spiro atoms. The molecule has 0 fully saturated rings. The van der Waals surface area contributed by atoms with Crippen molar-refractivity contribution in [1.29, 1.82) is 0 Å². The van der Waals surface area contributed by atoms with Gasteiger partial charge in [-0.15, -0.1) is 11.8 Å². The molecular formula is C32H30IO6PS. The van der Waals surface area contributed by atoms with E-state index < -0.39 is 13.0 Å². The van der Waals surface area contributed by atoms with Crippen molar-refractivity contribution in [2.24, 2.45) is 0 Å². The van der Waals surface area contributed by atoms with Crippen molar-refractivity contribution in [2.75, 3.05) is 45.9 Å². The highest BCUT2D eigenvalue weighted by Crippen LogP contribution is 2.63. The number of hydrogen-bond donors (Lipinski definition) is 1. The molecule has 41 heavy (non-hydrogen) atoms. The Hall–Kier alpha value is -2.01. The molecule has 0 bridgehead atoms. The summed E-state index contributed by atoms with van der Waals surface area (Å²) in [6, 6.07) is 29.2. The van der Waals surface area contributed by atoms with E-state index in [1.807, 2.05) is 12.1 Å². The summed E-state index contributed by atoms with van der Waals surface area (Å²) in [5.74, 6) is 0.814. The molecule has 1 N–H and O–H groups in total. The summed E-state index contributed by atoms with van der Waals surface area (Å²) in [6.07, 6.45) is 0. The molecular weight excluding hydrogens is 670 g/mol. The first kappa shape index (κ1) is 29.1. The van der Waals surface area contributed by atoms with Crippen molar-refractivity contribution >= 4 is 47.7 Å². The summed E-state index contributed by atoms with van der Waals surface area (Å²) in [6.45, 7) is 2.89.